The Morgan fingerprint density at radius 3 is 3.31 bits per heavy atom. The van der Waals surface area contributed by atoms with E-state index >= 15 is 0 Å². The van der Waals surface area contributed by atoms with Crippen molar-refractivity contribution in [2.75, 3.05) is 38.6 Å². The van der Waals surface area contributed by atoms with Crippen LogP contribution in [0.3, 0.4) is 0 Å². The fraction of sp³-hybridized carbons (Fsp3) is 0.545. The maximum Gasteiger partial charge on any atom is 0.165 e. The van der Waals surface area contributed by atoms with Crippen molar-refractivity contribution in [1.82, 2.24) is 9.88 Å². The molecule has 1 aromatic heterocycles. The van der Waals surface area contributed by atoms with Crippen LogP contribution >= 0.6 is 0 Å². The molecule has 16 heavy (non-hydrogen) atoms. The van der Waals surface area contributed by atoms with Gasteiger partial charge in [0.05, 0.1) is 12.7 Å². The van der Waals surface area contributed by atoms with Gasteiger partial charge in [-0.25, -0.2) is 9.37 Å². The van der Waals surface area contributed by atoms with Crippen LogP contribution in [0.5, 0.6) is 0 Å². The van der Waals surface area contributed by atoms with E-state index in [0.29, 0.717) is 12.4 Å². The van der Waals surface area contributed by atoms with Gasteiger partial charge in [0, 0.05) is 25.8 Å². The molecule has 1 unspecified atom stereocenters. The molecule has 0 aromatic carbocycles. The molecule has 88 valence electrons. The molecule has 0 amide bonds. The first-order valence-corrected chi connectivity index (χ1v) is 5.40. The van der Waals surface area contributed by atoms with Crippen LogP contribution in [0.25, 0.3) is 0 Å². The Bertz CT molecular complexity index is 348. The van der Waals surface area contributed by atoms with Crippen LogP contribution in [0.2, 0.25) is 0 Å². The highest BCUT2D eigenvalue weighted by molar-refractivity contribution is 5.35. The minimum Gasteiger partial charge on any atom is -0.374 e. The maximum atomic E-state index is 13.2. The minimum atomic E-state index is -0.327. The molecular formula is C11H16FN3O. The summed E-state index contributed by atoms with van der Waals surface area (Å²) < 4.78 is 18.8. The molecule has 4 nitrogen and oxygen atoms in total. The molecule has 0 saturated carbocycles. The van der Waals surface area contributed by atoms with Gasteiger partial charge in [-0.1, -0.05) is 0 Å². The lowest BCUT2D eigenvalue weighted by Crippen LogP contribution is -2.43. The number of hydrogen-bond acceptors (Lipinski definition) is 4. The van der Waals surface area contributed by atoms with E-state index in [2.05, 4.69) is 22.2 Å². The van der Waals surface area contributed by atoms with Crippen molar-refractivity contribution in [2.45, 2.75) is 6.10 Å². The SMILES string of the molecule is CN1CCOC(CNc2ncccc2F)C1. The van der Waals surface area contributed by atoms with Crippen molar-refractivity contribution >= 4 is 5.82 Å². The predicted molar refractivity (Wildman–Crippen MR) is 59.9 cm³/mol. The minimum absolute atomic E-state index is 0.0974. The average molecular weight is 225 g/mol. The lowest BCUT2D eigenvalue weighted by Gasteiger charge is -2.30. The molecular weight excluding hydrogens is 209 g/mol. The van der Waals surface area contributed by atoms with Gasteiger partial charge >= 0.3 is 0 Å². The summed E-state index contributed by atoms with van der Waals surface area (Å²) >= 11 is 0. The molecule has 1 fully saturated rings. The predicted octanol–water partition coefficient (Wildman–Crippen LogP) is 0.963. The second kappa shape index (κ2) is 5.23. The van der Waals surface area contributed by atoms with Crippen LogP contribution in [0.15, 0.2) is 18.3 Å². The highest BCUT2D eigenvalue weighted by Gasteiger charge is 2.17. The first kappa shape index (κ1) is 11.3. The number of nitrogens with one attached hydrogen (secondary N) is 1. The van der Waals surface area contributed by atoms with Gasteiger partial charge < -0.3 is 15.0 Å². The zero-order valence-corrected chi connectivity index (χ0v) is 9.32. The number of pyridine rings is 1. The van der Waals surface area contributed by atoms with Gasteiger partial charge in [-0.15, -0.1) is 0 Å². The molecule has 1 aliphatic rings. The van der Waals surface area contributed by atoms with E-state index in [0.717, 1.165) is 19.7 Å². The van der Waals surface area contributed by atoms with E-state index in [9.17, 15) is 4.39 Å². The summed E-state index contributed by atoms with van der Waals surface area (Å²) in [5.74, 6) is -0.0361. The number of hydrogen-bond donors (Lipinski definition) is 1. The van der Waals surface area contributed by atoms with Crippen LogP contribution in [0, 0.1) is 5.82 Å². The van der Waals surface area contributed by atoms with Crippen LogP contribution < -0.4 is 5.32 Å². The Morgan fingerprint density at radius 1 is 1.69 bits per heavy atom. The van der Waals surface area contributed by atoms with Crippen LogP contribution in [-0.2, 0) is 4.74 Å². The molecule has 2 rings (SSSR count). The Balaban J connectivity index is 1.85. The van der Waals surface area contributed by atoms with Crippen molar-refractivity contribution in [3.63, 3.8) is 0 Å². The number of ether oxygens (including phenoxy) is 1. The number of nitrogens with zero attached hydrogens (tertiary/aromatic N) is 2. The average Bonchev–Trinajstić information content (AvgIpc) is 2.28. The van der Waals surface area contributed by atoms with Gasteiger partial charge in [-0.2, -0.15) is 0 Å². The summed E-state index contributed by atoms with van der Waals surface area (Å²) in [6.45, 7) is 3.13. The smallest absolute Gasteiger partial charge is 0.165 e. The largest absolute Gasteiger partial charge is 0.374 e. The molecule has 0 spiro atoms. The molecule has 5 heteroatoms. The number of rotatable bonds is 3. The zero-order valence-electron chi connectivity index (χ0n) is 9.32. The van der Waals surface area contributed by atoms with Crippen LogP contribution in [0.4, 0.5) is 10.2 Å². The van der Waals surface area contributed by atoms with Crippen molar-refractivity contribution in [1.29, 1.82) is 0 Å². The number of likely N-dealkylation sites (N-methyl/N-ethyl adjacent to an activating group) is 1. The summed E-state index contributed by atoms with van der Waals surface area (Å²) in [5, 5.41) is 2.97. The van der Waals surface area contributed by atoms with Crippen molar-refractivity contribution < 1.29 is 9.13 Å². The first-order chi connectivity index (χ1) is 7.75. The Morgan fingerprint density at radius 2 is 2.56 bits per heavy atom. The molecule has 1 N–H and O–H groups in total. The standard InChI is InChI=1S/C11H16FN3O/c1-15-5-6-16-9(8-15)7-14-11-10(12)3-2-4-13-11/h2-4,9H,5-8H2,1H3,(H,13,14). The number of halogens is 1. The van der Waals surface area contributed by atoms with Gasteiger partial charge in [0.15, 0.2) is 11.6 Å². The Hall–Kier alpha value is -1.20. The second-order valence-electron chi connectivity index (χ2n) is 3.97. The Labute approximate surface area is 94.4 Å². The molecule has 1 aromatic rings. The number of anilines is 1. The summed E-state index contributed by atoms with van der Waals surface area (Å²) in [7, 11) is 2.05. The summed E-state index contributed by atoms with van der Waals surface area (Å²) in [6.07, 6.45) is 1.67. The monoisotopic (exact) mass is 225 g/mol. The van der Waals surface area contributed by atoms with Crippen molar-refractivity contribution in [3.05, 3.63) is 24.1 Å². The third kappa shape index (κ3) is 2.90. The topological polar surface area (TPSA) is 37.4 Å². The first-order valence-electron chi connectivity index (χ1n) is 5.40. The molecule has 2 heterocycles. The number of aromatic nitrogens is 1. The quantitative estimate of drug-likeness (QED) is 0.831. The Kier molecular flexibility index (Phi) is 3.69. The lowest BCUT2D eigenvalue weighted by atomic mass is 10.3. The molecule has 1 atom stereocenters. The third-order valence-corrected chi connectivity index (χ3v) is 2.60. The van der Waals surface area contributed by atoms with Gasteiger partial charge in [0.25, 0.3) is 0 Å². The summed E-state index contributed by atoms with van der Waals surface area (Å²) in [6, 6.07) is 2.97. The van der Waals surface area contributed by atoms with Crippen molar-refractivity contribution in [2.24, 2.45) is 0 Å². The van der Waals surface area contributed by atoms with E-state index in [-0.39, 0.29) is 11.9 Å². The highest BCUT2D eigenvalue weighted by Crippen LogP contribution is 2.10. The van der Waals surface area contributed by atoms with Gasteiger partial charge in [-0.05, 0) is 19.2 Å². The van der Waals surface area contributed by atoms with Crippen LogP contribution in [-0.4, -0.2) is 49.3 Å². The highest BCUT2D eigenvalue weighted by atomic mass is 19.1. The van der Waals surface area contributed by atoms with E-state index in [1.54, 1.807) is 12.3 Å². The van der Waals surface area contributed by atoms with Gasteiger partial charge in [0.1, 0.15) is 0 Å². The molecule has 1 aliphatic heterocycles. The molecule has 0 radical (unpaired) electrons. The van der Waals surface area contributed by atoms with E-state index in [1.807, 2.05) is 0 Å². The second-order valence-corrected chi connectivity index (χ2v) is 3.97. The maximum absolute atomic E-state index is 13.2. The molecule has 0 bridgehead atoms. The van der Waals surface area contributed by atoms with E-state index in [4.69, 9.17) is 4.74 Å². The molecule has 1 saturated heterocycles. The normalized spacial score (nSPS) is 22.0. The van der Waals surface area contributed by atoms with Gasteiger partial charge in [0.2, 0.25) is 0 Å². The van der Waals surface area contributed by atoms with Gasteiger partial charge in [-0.3, -0.25) is 0 Å². The van der Waals surface area contributed by atoms with Crippen molar-refractivity contribution in [3.8, 4) is 0 Å². The summed E-state index contributed by atoms with van der Waals surface area (Å²) in [5.41, 5.74) is 0. The van der Waals surface area contributed by atoms with E-state index < -0.39 is 0 Å². The summed E-state index contributed by atoms with van der Waals surface area (Å²) in [4.78, 5) is 6.13. The van der Waals surface area contributed by atoms with Crippen LogP contribution in [0.1, 0.15) is 0 Å². The van der Waals surface area contributed by atoms with E-state index in [1.165, 1.54) is 6.07 Å². The third-order valence-electron chi connectivity index (χ3n) is 2.60. The molecule has 0 aliphatic carbocycles. The zero-order chi connectivity index (χ0) is 11.4. The number of morpholine rings is 1. The fourth-order valence-corrected chi connectivity index (χ4v) is 1.72. The lowest BCUT2D eigenvalue weighted by molar-refractivity contribution is -0.0117. The fourth-order valence-electron chi connectivity index (χ4n) is 1.72.